The van der Waals surface area contributed by atoms with Crippen molar-refractivity contribution in [3.63, 3.8) is 0 Å². The highest BCUT2D eigenvalue weighted by molar-refractivity contribution is 8.39. The lowest BCUT2D eigenvalue weighted by Crippen LogP contribution is -2.09. The third-order valence-corrected chi connectivity index (χ3v) is 3.96. The van der Waals surface area contributed by atoms with Crippen LogP contribution in [0.25, 0.3) is 0 Å². The van der Waals surface area contributed by atoms with E-state index in [1.54, 1.807) is 6.26 Å². The fraction of sp³-hybridized carbons (Fsp3) is 0.125. The van der Waals surface area contributed by atoms with Crippen molar-refractivity contribution in [1.29, 1.82) is 0 Å². The van der Waals surface area contributed by atoms with Crippen LogP contribution in [0.2, 0.25) is 0 Å². The largest absolute Gasteiger partial charge is 0.318 e. The first-order valence-corrected chi connectivity index (χ1v) is 7.45. The normalized spacial score (nSPS) is 12.8. The summed E-state index contributed by atoms with van der Waals surface area (Å²) in [5.74, 6) is 0. The van der Waals surface area contributed by atoms with E-state index in [9.17, 15) is 8.42 Å². The Morgan fingerprint density at radius 3 is 2.40 bits per heavy atom. The van der Waals surface area contributed by atoms with E-state index in [-0.39, 0.29) is 0 Å². The molecule has 0 atom stereocenters. The quantitative estimate of drug-likeness (QED) is 0.500. The topological polar surface area (TPSA) is 72.5 Å². The molecule has 0 unspecified atom stereocenters. The smallest absolute Gasteiger partial charge is 0.210 e. The fourth-order valence-corrected chi connectivity index (χ4v) is 3.19. The molecule has 2 N–H and O–H groups in total. The molecule has 0 aliphatic rings. The van der Waals surface area contributed by atoms with Gasteiger partial charge < -0.3 is 0 Å². The highest BCUT2D eigenvalue weighted by Gasteiger charge is 2.05. The molecule has 0 heterocycles. The summed E-state index contributed by atoms with van der Waals surface area (Å²) in [6.07, 6.45) is 1.75. The fourth-order valence-electron chi connectivity index (χ4n) is 0.791. The van der Waals surface area contributed by atoms with Gasteiger partial charge in [0.1, 0.15) is 4.38 Å². The molecule has 0 aliphatic carbocycles. The van der Waals surface area contributed by atoms with Crippen LogP contribution in [0.4, 0.5) is 0 Å². The number of rotatable bonds is 2. The lowest BCUT2D eigenvalue weighted by Gasteiger charge is -2.01. The van der Waals surface area contributed by atoms with Gasteiger partial charge in [0.15, 0.2) is 0 Å². The van der Waals surface area contributed by atoms with E-state index in [0.717, 1.165) is 4.90 Å². The summed E-state index contributed by atoms with van der Waals surface area (Å²) >= 11 is 2.51. The Kier molecular flexibility index (Phi) is 4.65. The zero-order chi connectivity index (χ0) is 11.3. The number of benzene rings is 1. The molecule has 4 nitrogen and oxygen atoms in total. The third kappa shape index (κ3) is 5.22. The van der Waals surface area contributed by atoms with Gasteiger partial charge in [0, 0.05) is 4.90 Å². The highest BCUT2D eigenvalue weighted by Crippen LogP contribution is 2.24. The second-order valence-electron chi connectivity index (χ2n) is 2.49. The Labute approximate surface area is 97.5 Å². The molecule has 0 fully saturated rings. The molecule has 7 heteroatoms. The van der Waals surface area contributed by atoms with Crippen molar-refractivity contribution >= 4 is 38.1 Å². The zero-order valence-corrected chi connectivity index (χ0v) is 10.4. The first kappa shape index (κ1) is 12.6. The van der Waals surface area contributed by atoms with Crippen LogP contribution in [0.3, 0.4) is 0 Å². The minimum absolute atomic E-state index is 0.406. The monoisotopic (exact) mass is 262 g/mol. The van der Waals surface area contributed by atoms with Crippen molar-refractivity contribution in [3.05, 3.63) is 30.3 Å². The SMILES string of the molecule is CSC(=NS(N)(=O)=O)Sc1ccccc1. The Morgan fingerprint density at radius 2 is 1.93 bits per heavy atom. The lowest BCUT2D eigenvalue weighted by molar-refractivity contribution is 0.600. The molecule has 0 saturated heterocycles. The van der Waals surface area contributed by atoms with Gasteiger partial charge in [0.2, 0.25) is 0 Å². The van der Waals surface area contributed by atoms with Crippen LogP contribution in [0.1, 0.15) is 0 Å². The molecule has 0 aromatic heterocycles. The van der Waals surface area contributed by atoms with E-state index >= 15 is 0 Å². The number of thioether (sulfide) groups is 2. The van der Waals surface area contributed by atoms with Gasteiger partial charge in [-0.2, -0.15) is 8.42 Å². The molecule has 1 aromatic carbocycles. The molecule has 0 radical (unpaired) electrons. The summed E-state index contributed by atoms with van der Waals surface area (Å²) < 4.78 is 25.3. The number of hydrogen-bond acceptors (Lipinski definition) is 4. The van der Waals surface area contributed by atoms with Crippen LogP contribution in [-0.4, -0.2) is 19.0 Å². The molecule has 1 rings (SSSR count). The first-order chi connectivity index (χ1) is 7.01. The van der Waals surface area contributed by atoms with Crippen LogP contribution in [-0.2, 0) is 10.2 Å². The van der Waals surface area contributed by atoms with Crippen molar-refractivity contribution < 1.29 is 8.42 Å². The van der Waals surface area contributed by atoms with Gasteiger partial charge in [0.05, 0.1) is 0 Å². The van der Waals surface area contributed by atoms with Crippen molar-refractivity contribution in [2.24, 2.45) is 9.54 Å². The lowest BCUT2D eigenvalue weighted by atomic mass is 10.4. The average Bonchev–Trinajstić information content (AvgIpc) is 2.16. The predicted molar refractivity (Wildman–Crippen MR) is 66.4 cm³/mol. The van der Waals surface area contributed by atoms with Crippen LogP contribution < -0.4 is 5.14 Å². The molecular formula is C8H10N2O2S3. The van der Waals surface area contributed by atoms with Crippen molar-refractivity contribution in [2.75, 3.05) is 6.26 Å². The minimum Gasteiger partial charge on any atom is -0.210 e. The number of hydrogen-bond donors (Lipinski definition) is 1. The van der Waals surface area contributed by atoms with E-state index in [1.165, 1.54) is 23.5 Å². The Bertz CT molecular complexity index is 442. The average molecular weight is 262 g/mol. The predicted octanol–water partition coefficient (Wildman–Crippen LogP) is 1.70. The maximum absolute atomic E-state index is 10.8. The molecule has 82 valence electrons. The summed E-state index contributed by atoms with van der Waals surface area (Å²) in [5, 5.41) is 4.82. The summed E-state index contributed by atoms with van der Waals surface area (Å²) in [6.45, 7) is 0. The Hall–Kier alpha value is -0.500. The zero-order valence-electron chi connectivity index (χ0n) is 7.95. The van der Waals surface area contributed by atoms with Gasteiger partial charge >= 0.3 is 10.2 Å². The molecule has 0 bridgehead atoms. The molecule has 0 saturated carbocycles. The summed E-state index contributed by atoms with van der Waals surface area (Å²) in [7, 11) is -3.81. The summed E-state index contributed by atoms with van der Waals surface area (Å²) in [6, 6.07) is 9.38. The van der Waals surface area contributed by atoms with Gasteiger partial charge in [-0.05, 0) is 18.4 Å². The van der Waals surface area contributed by atoms with Gasteiger partial charge in [-0.3, -0.25) is 0 Å². The minimum atomic E-state index is -3.81. The Balaban J connectivity index is 2.84. The summed E-state index contributed by atoms with van der Waals surface area (Å²) in [4.78, 5) is 0.925. The van der Waals surface area contributed by atoms with Crippen LogP contribution in [0.15, 0.2) is 39.6 Å². The second-order valence-corrected chi connectivity index (χ2v) is 5.82. The molecular weight excluding hydrogens is 252 g/mol. The van der Waals surface area contributed by atoms with Gasteiger partial charge in [-0.25, -0.2) is 5.14 Å². The van der Waals surface area contributed by atoms with Crippen molar-refractivity contribution in [2.45, 2.75) is 4.90 Å². The molecule has 1 aromatic rings. The van der Waals surface area contributed by atoms with Gasteiger partial charge in [-0.1, -0.05) is 30.0 Å². The maximum Gasteiger partial charge on any atom is 0.318 e. The van der Waals surface area contributed by atoms with Gasteiger partial charge in [-0.15, -0.1) is 16.2 Å². The van der Waals surface area contributed by atoms with E-state index in [4.69, 9.17) is 5.14 Å². The summed E-state index contributed by atoms with van der Waals surface area (Å²) in [5.41, 5.74) is 0. The first-order valence-electron chi connectivity index (χ1n) is 3.91. The van der Waals surface area contributed by atoms with E-state index < -0.39 is 10.2 Å². The highest BCUT2D eigenvalue weighted by atomic mass is 32.2. The van der Waals surface area contributed by atoms with Crippen LogP contribution >= 0.6 is 23.5 Å². The van der Waals surface area contributed by atoms with E-state index in [1.807, 2.05) is 30.3 Å². The maximum atomic E-state index is 10.8. The second kappa shape index (κ2) is 5.55. The van der Waals surface area contributed by atoms with Crippen LogP contribution in [0, 0.1) is 0 Å². The van der Waals surface area contributed by atoms with Crippen LogP contribution in [0.5, 0.6) is 0 Å². The Morgan fingerprint density at radius 1 is 1.33 bits per heavy atom. The number of nitrogens with two attached hydrogens (primary N) is 1. The molecule has 0 amide bonds. The third-order valence-electron chi connectivity index (χ3n) is 1.32. The van der Waals surface area contributed by atoms with Crippen molar-refractivity contribution in [1.82, 2.24) is 0 Å². The molecule has 0 spiro atoms. The van der Waals surface area contributed by atoms with E-state index in [2.05, 4.69) is 4.40 Å². The van der Waals surface area contributed by atoms with E-state index in [0.29, 0.717) is 4.38 Å². The molecule has 15 heavy (non-hydrogen) atoms. The molecule has 0 aliphatic heterocycles. The van der Waals surface area contributed by atoms with Crippen molar-refractivity contribution in [3.8, 4) is 0 Å². The van der Waals surface area contributed by atoms with Gasteiger partial charge in [0.25, 0.3) is 0 Å². The number of nitrogens with zero attached hydrogens (tertiary/aromatic N) is 1. The standard InChI is InChI=1S/C8H10N2O2S3/c1-13-8(10-15(9,11)12)14-7-5-3-2-4-6-7/h2-6H,1H3,(H2,9,11,12).